The lowest BCUT2D eigenvalue weighted by molar-refractivity contribution is 0.669. The van der Waals surface area contributed by atoms with E-state index >= 15 is 0 Å². The second-order valence-corrected chi connectivity index (χ2v) is 18.4. The van der Waals surface area contributed by atoms with E-state index in [0.29, 0.717) is 12.3 Å². The molecule has 0 saturated heterocycles. The van der Waals surface area contributed by atoms with Crippen molar-refractivity contribution < 1.29 is 4.42 Å². The Labute approximate surface area is 377 Å². The van der Waals surface area contributed by atoms with Gasteiger partial charge < -0.3 is 8.98 Å². The summed E-state index contributed by atoms with van der Waals surface area (Å²) in [5.41, 5.74) is 10.2. The number of hydrogen-bond donors (Lipinski definition) is 0. The molecule has 0 bridgehead atoms. The molecule has 0 fully saturated rings. The summed E-state index contributed by atoms with van der Waals surface area (Å²) < 4.78 is 14.0. The molecular weight excluding hydrogens is 813 g/mol. The molecule has 4 aromatic heterocycles. The standard InChI is InChI=1S/C59H38N4OS/c1-35-29-30-45(57-49(31-32-52-56(57)41-20-7-12-26-51(41)64-52)62-46-23-9-6-19-40(46)44-33-36-15-2-3-16-37(36)34-50(44)62)60-58(43-22-14-28-54-55(43)42-21-8-13-27-53(42)65-54)61-59(35)63-47-24-10-4-17-38(47)39-18-5-11-25-48(39)63/h2-28,30-35H,29H2,1H3/b45-30+,60-58?,61-59?. The molecule has 0 saturated carbocycles. The van der Waals surface area contributed by atoms with E-state index in [4.69, 9.17) is 14.4 Å². The minimum absolute atomic E-state index is 0.0106. The molecule has 0 amide bonds. The molecule has 14 rings (SSSR count). The fourth-order valence-corrected chi connectivity index (χ4v) is 11.8. The van der Waals surface area contributed by atoms with E-state index in [9.17, 15) is 0 Å². The van der Waals surface area contributed by atoms with Crippen LogP contribution >= 0.6 is 11.3 Å². The van der Waals surface area contributed by atoms with Crippen LogP contribution in [-0.4, -0.2) is 20.8 Å². The molecule has 1 unspecified atom stereocenters. The van der Waals surface area contributed by atoms with Crippen LogP contribution in [0.2, 0.25) is 0 Å². The number of aliphatic imine (C=N–C) groups is 2. The lowest BCUT2D eigenvalue weighted by atomic mass is 9.97. The SMILES string of the molecule is CC1C/C=C(\c2c(-n3c4ccccc4c4cc5ccccc5cc43)ccc3oc4ccccc4c23)N=C(c2cccc3sc4ccccc4c23)N=C1n1c2ccccc2c2ccccc21. The summed E-state index contributed by atoms with van der Waals surface area (Å²) in [7, 11) is 0. The smallest absolute Gasteiger partial charge is 0.162 e. The summed E-state index contributed by atoms with van der Waals surface area (Å²) >= 11 is 1.82. The van der Waals surface area contributed by atoms with Crippen LogP contribution in [0, 0.1) is 5.92 Å². The van der Waals surface area contributed by atoms with Crippen molar-refractivity contribution in [1.29, 1.82) is 0 Å². The van der Waals surface area contributed by atoms with E-state index in [1.807, 2.05) is 17.4 Å². The number of rotatable bonds is 3. The number of furan rings is 1. The molecule has 1 aliphatic rings. The molecule has 0 aliphatic carbocycles. The van der Waals surface area contributed by atoms with Crippen molar-refractivity contribution in [3.05, 3.63) is 205 Å². The van der Waals surface area contributed by atoms with Gasteiger partial charge in [0.1, 0.15) is 17.0 Å². The van der Waals surface area contributed by atoms with Gasteiger partial charge in [0.05, 0.1) is 33.5 Å². The summed E-state index contributed by atoms with van der Waals surface area (Å²) in [6, 6.07) is 67.7. The van der Waals surface area contributed by atoms with Gasteiger partial charge in [0, 0.05) is 69.5 Å². The molecule has 13 aromatic rings. The zero-order valence-corrected chi connectivity index (χ0v) is 36.2. The minimum atomic E-state index is 0.0106. The second kappa shape index (κ2) is 14.0. The van der Waals surface area contributed by atoms with Gasteiger partial charge in [-0.2, -0.15) is 0 Å². The number of nitrogens with zero attached hydrogens (tertiary/aromatic N) is 4. The molecule has 6 heteroatoms. The highest BCUT2D eigenvalue weighted by molar-refractivity contribution is 7.25. The van der Waals surface area contributed by atoms with Gasteiger partial charge in [0.2, 0.25) is 0 Å². The third-order valence-corrected chi connectivity index (χ3v) is 14.7. The van der Waals surface area contributed by atoms with Crippen LogP contribution in [0.25, 0.3) is 108 Å². The van der Waals surface area contributed by atoms with Crippen molar-refractivity contribution in [2.75, 3.05) is 0 Å². The molecular formula is C59H38N4OS. The number of hydrogen-bond acceptors (Lipinski definition) is 4. The quantitative estimate of drug-likeness (QED) is 0.175. The van der Waals surface area contributed by atoms with Crippen molar-refractivity contribution >= 4 is 125 Å². The maximum atomic E-state index is 6.71. The summed E-state index contributed by atoms with van der Waals surface area (Å²) in [5, 5.41) is 11.7. The molecule has 1 aliphatic heterocycles. The average Bonchev–Trinajstić information content (AvgIpc) is 4.10. The fourth-order valence-electron chi connectivity index (χ4n) is 10.6. The van der Waals surface area contributed by atoms with E-state index in [-0.39, 0.29) is 5.92 Å². The average molecular weight is 851 g/mol. The zero-order valence-electron chi connectivity index (χ0n) is 35.4. The maximum absolute atomic E-state index is 6.71. The lowest BCUT2D eigenvalue weighted by Crippen LogP contribution is -2.23. The summed E-state index contributed by atoms with van der Waals surface area (Å²) in [5.74, 6) is 1.66. The van der Waals surface area contributed by atoms with Crippen molar-refractivity contribution in [1.82, 2.24) is 9.13 Å². The summed E-state index contributed by atoms with van der Waals surface area (Å²) in [6.07, 6.45) is 3.07. The Kier molecular flexibility index (Phi) is 7.83. The normalized spacial score (nSPS) is 15.7. The Morgan fingerprint density at radius 3 is 1.88 bits per heavy atom. The van der Waals surface area contributed by atoms with Gasteiger partial charge in [-0.3, -0.25) is 4.57 Å². The van der Waals surface area contributed by atoms with Crippen molar-refractivity contribution in [2.24, 2.45) is 15.9 Å². The van der Waals surface area contributed by atoms with Gasteiger partial charge in [-0.25, -0.2) is 9.98 Å². The van der Waals surface area contributed by atoms with E-state index in [0.717, 1.165) is 72.4 Å². The Morgan fingerprint density at radius 2 is 1.11 bits per heavy atom. The molecule has 0 spiro atoms. The second-order valence-electron chi connectivity index (χ2n) is 17.3. The molecule has 0 radical (unpaired) electrons. The van der Waals surface area contributed by atoms with Gasteiger partial charge >= 0.3 is 0 Å². The minimum Gasteiger partial charge on any atom is -0.456 e. The van der Waals surface area contributed by atoms with Crippen LogP contribution in [0.3, 0.4) is 0 Å². The number of para-hydroxylation sites is 4. The van der Waals surface area contributed by atoms with Crippen molar-refractivity contribution in [2.45, 2.75) is 13.3 Å². The highest BCUT2D eigenvalue weighted by Crippen LogP contribution is 2.44. The van der Waals surface area contributed by atoms with Gasteiger partial charge in [0.15, 0.2) is 5.84 Å². The van der Waals surface area contributed by atoms with Gasteiger partial charge in [-0.1, -0.05) is 140 Å². The first kappa shape index (κ1) is 36.4. The highest BCUT2D eigenvalue weighted by Gasteiger charge is 2.27. The topological polar surface area (TPSA) is 47.7 Å². The Hall–Kier alpha value is -8.06. The van der Waals surface area contributed by atoms with Crippen LogP contribution in [-0.2, 0) is 0 Å². The third kappa shape index (κ3) is 5.38. The first-order valence-electron chi connectivity index (χ1n) is 22.3. The first-order chi connectivity index (χ1) is 32.2. The summed E-state index contributed by atoms with van der Waals surface area (Å²) in [4.78, 5) is 11.8. The van der Waals surface area contributed by atoms with E-state index < -0.39 is 0 Å². The van der Waals surface area contributed by atoms with E-state index in [1.54, 1.807) is 0 Å². The number of benzene rings is 9. The van der Waals surface area contributed by atoms with Gasteiger partial charge in [0.25, 0.3) is 0 Å². The van der Waals surface area contributed by atoms with Gasteiger partial charge in [-0.15, -0.1) is 11.3 Å². The maximum Gasteiger partial charge on any atom is 0.162 e. The fraction of sp³-hybridized carbons (Fsp3) is 0.0508. The molecule has 5 heterocycles. The largest absolute Gasteiger partial charge is 0.456 e. The third-order valence-electron chi connectivity index (χ3n) is 13.6. The number of aromatic nitrogens is 2. The Balaban J connectivity index is 1.12. The summed E-state index contributed by atoms with van der Waals surface area (Å²) in [6.45, 7) is 2.31. The predicted octanol–water partition coefficient (Wildman–Crippen LogP) is 16.1. The van der Waals surface area contributed by atoms with Gasteiger partial charge in [-0.05, 0) is 77.9 Å². The molecule has 0 N–H and O–H groups in total. The molecule has 9 aromatic carbocycles. The van der Waals surface area contributed by atoms with Crippen LogP contribution in [0.4, 0.5) is 0 Å². The van der Waals surface area contributed by atoms with Crippen LogP contribution in [0.5, 0.6) is 0 Å². The number of fused-ring (bicyclic) bond motifs is 13. The monoisotopic (exact) mass is 850 g/mol. The number of thiophene rings is 1. The van der Waals surface area contributed by atoms with Crippen LogP contribution < -0.4 is 0 Å². The molecule has 306 valence electrons. The molecule has 1 atom stereocenters. The van der Waals surface area contributed by atoms with Crippen molar-refractivity contribution in [3.8, 4) is 5.69 Å². The predicted molar refractivity (Wildman–Crippen MR) is 275 cm³/mol. The van der Waals surface area contributed by atoms with Crippen LogP contribution in [0.15, 0.2) is 209 Å². The Bertz CT molecular complexity index is 4190. The highest BCUT2D eigenvalue weighted by atomic mass is 32.1. The molecule has 65 heavy (non-hydrogen) atoms. The zero-order chi connectivity index (χ0) is 42.8. The van der Waals surface area contributed by atoms with E-state index in [2.05, 4.69) is 204 Å². The van der Waals surface area contributed by atoms with Crippen LogP contribution in [0.1, 0.15) is 24.5 Å². The number of amidine groups is 1. The first-order valence-corrected chi connectivity index (χ1v) is 23.1. The molecule has 5 nitrogen and oxygen atoms in total. The Morgan fingerprint density at radius 1 is 0.492 bits per heavy atom. The lowest BCUT2D eigenvalue weighted by Gasteiger charge is -2.22. The number of allylic oxidation sites excluding steroid dienone is 1. The van der Waals surface area contributed by atoms with E-state index in [1.165, 1.54) is 52.5 Å². The van der Waals surface area contributed by atoms with Crippen molar-refractivity contribution in [3.63, 3.8) is 0 Å².